The molecule has 0 aliphatic carbocycles. The van der Waals surface area contributed by atoms with E-state index in [1.807, 2.05) is 6.07 Å². The van der Waals surface area contributed by atoms with Crippen LogP contribution in [0.15, 0.2) is 18.2 Å². The average Bonchev–Trinajstić information content (AvgIpc) is 2.95. The van der Waals surface area contributed by atoms with Crippen molar-refractivity contribution < 1.29 is 14.5 Å². The fraction of sp³-hybridized carbons (Fsp3) is 0.385. The number of nitriles is 1. The standard InChI is InChI=1S/C13H13N3O4/c1-20-13(17)10-4-5-15(8-10)11-3-2-9(7-14)6-12(11)16(18)19/h2-3,6,10H,4-5,8H2,1H3. The Bertz CT molecular complexity index is 594. The molecule has 1 heterocycles. The molecule has 0 bridgehead atoms. The molecule has 0 amide bonds. The normalized spacial score (nSPS) is 17.6. The summed E-state index contributed by atoms with van der Waals surface area (Å²) in [5.74, 6) is -0.570. The first kappa shape index (κ1) is 13.8. The molecule has 1 aliphatic heterocycles. The average molecular weight is 275 g/mol. The van der Waals surface area contributed by atoms with E-state index in [-0.39, 0.29) is 23.1 Å². The van der Waals surface area contributed by atoms with Crippen LogP contribution in [0.4, 0.5) is 11.4 Å². The number of rotatable bonds is 3. The summed E-state index contributed by atoms with van der Waals surface area (Å²) in [5, 5.41) is 19.9. The third-order valence-corrected chi connectivity index (χ3v) is 3.36. The minimum Gasteiger partial charge on any atom is -0.469 e. The van der Waals surface area contributed by atoms with Crippen molar-refractivity contribution in [1.29, 1.82) is 5.26 Å². The summed E-state index contributed by atoms with van der Waals surface area (Å²) < 4.78 is 4.69. The van der Waals surface area contributed by atoms with Gasteiger partial charge in [0, 0.05) is 19.2 Å². The molecule has 2 rings (SSSR count). The van der Waals surface area contributed by atoms with E-state index in [0.29, 0.717) is 25.2 Å². The number of esters is 1. The summed E-state index contributed by atoms with van der Waals surface area (Å²) >= 11 is 0. The quantitative estimate of drug-likeness (QED) is 0.470. The zero-order valence-corrected chi connectivity index (χ0v) is 10.9. The number of nitro benzene ring substituents is 1. The number of benzene rings is 1. The van der Waals surface area contributed by atoms with Gasteiger partial charge in [0.1, 0.15) is 5.69 Å². The summed E-state index contributed by atoms with van der Waals surface area (Å²) in [7, 11) is 1.33. The van der Waals surface area contributed by atoms with E-state index < -0.39 is 4.92 Å². The maximum absolute atomic E-state index is 11.5. The van der Waals surface area contributed by atoms with Gasteiger partial charge in [0.2, 0.25) is 0 Å². The topological polar surface area (TPSA) is 96.5 Å². The fourth-order valence-electron chi connectivity index (χ4n) is 2.34. The first-order chi connectivity index (χ1) is 9.56. The van der Waals surface area contributed by atoms with Gasteiger partial charge in [0.15, 0.2) is 0 Å². The van der Waals surface area contributed by atoms with Crippen molar-refractivity contribution in [3.63, 3.8) is 0 Å². The van der Waals surface area contributed by atoms with Gasteiger partial charge in [-0.3, -0.25) is 14.9 Å². The Kier molecular flexibility index (Phi) is 3.84. The van der Waals surface area contributed by atoms with E-state index in [4.69, 9.17) is 10.00 Å². The van der Waals surface area contributed by atoms with E-state index in [9.17, 15) is 14.9 Å². The second kappa shape index (κ2) is 5.57. The number of carbonyl (C=O) groups is 1. The van der Waals surface area contributed by atoms with E-state index in [2.05, 4.69) is 0 Å². The summed E-state index contributed by atoms with van der Waals surface area (Å²) in [4.78, 5) is 23.8. The zero-order chi connectivity index (χ0) is 14.7. The van der Waals surface area contributed by atoms with Crippen LogP contribution in [-0.2, 0) is 9.53 Å². The molecule has 104 valence electrons. The number of nitrogens with zero attached hydrogens (tertiary/aromatic N) is 3. The van der Waals surface area contributed by atoms with Crippen molar-refractivity contribution in [2.75, 3.05) is 25.1 Å². The molecule has 1 saturated heterocycles. The summed E-state index contributed by atoms with van der Waals surface area (Å²) in [5.41, 5.74) is 0.555. The Balaban J connectivity index is 2.28. The molecule has 7 heteroatoms. The summed E-state index contributed by atoms with van der Waals surface area (Å²) in [6.07, 6.45) is 0.601. The van der Waals surface area contributed by atoms with Crippen molar-refractivity contribution in [2.45, 2.75) is 6.42 Å². The third kappa shape index (κ3) is 2.54. The van der Waals surface area contributed by atoms with Crippen LogP contribution in [0.1, 0.15) is 12.0 Å². The van der Waals surface area contributed by atoms with E-state index in [1.165, 1.54) is 19.2 Å². The molecule has 0 N–H and O–H groups in total. The van der Waals surface area contributed by atoms with Gasteiger partial charge >= 0.3 is 5.97 Å². The predicted molar refractivity (Wildman–Crippen MR) is 70.1 cm³/mol. The number of methoxy groups -OCH3 is 1. The highest BCUT2D eigenvalue weighted by molar-refractivity contribution is 5.75. The first-order valence-corrected chi connectivity index (χ1v) is 6.08. The van der Waals surface area contributed by atoms with Crippen LogP contribution in [0.3, 0.4) is 0 Å². The van der Waals surface area contributed by atoms with Gasteiger partial charge in [-0.05, 0) is 18.6 Å². The minimum atomic E-state index is -0.512. The maximum atomic E-state index is 11.5. The van der Waals surface area contributed by atoms with Gasteiger partial charge in [-0.25, -0.2) is 0 Å². The maximum Gasteiger partial charge on any atom is 0.310 e. The molecule has 0 saturated carbocycles. The second-order valence-corrected chi connectivity index (χ2v) is 4.53. The molecule has 20 heavy (non-hydrogen) atoms. The van der Waals surface area contributed by atoms with Crippen LogP contribution in [0.25, 0.3) is 0 Å². The Morgan fingerprint density at radius 1 is 1.60 bits per heavy atom. The lowest BCUT2D eigenvalue weighted by atomic mass is 10.1. The van der Waals surface area contributed by atoms with Crippen LogP contribution in [0.2, 0.25) is 0 Å². The van der Waals surface area contributed by atoms with Crippen molar-refractivity contribution in [3.8, 4) is 6.07 Å². The summed E-state index contributed by atoms with van der Waals surface area (Å²) in [6, 6.07) is 6.22. The zero-order valence-electron chi connectivity index (χ0n) is 10.9. The number of ether oxygens (including phenoxy) is 1. The lowest BCUT2D eigenvalue weighted by molar-refractivity contribution is -0.384. The Morgan fingerprint density at radius 2 is 2.35 bits per heavy atom. The molecule has 1 aromatic rings. The van der Waals surface area contributed by atoms with Gasteiger partial charge in [-0.1, -0.05) is 0 Å². The van der Waals surface area contributed by atoms with Crippen LogP contribution >= 0.6 is 0 Å². The van der Waals surface area contributed by atoms with Gasteiger partial charge in [0.05, 0.1) is 29.6 Å². The molecular weight excluding hydrogens is 262 g/mol. The molecule has 0 spiro atoms. The van der Waals surface area contributed by atoms with Crippen LogP contribution in [0.5, 0.6) is 0 Å². The fourth-order valence-corrected chi connectivity index (χ4v) is 2.34. The molecule has 1 aromatic carbocycles. The monoisotopic (exact) mass is 275 g/mol. The van der Waals surface area contributed by atoms with Crippen LogP contribution in [-0.4, -0.2) is 31.1 Å². The van der Waals surface area contributed by atoms with Gasteiger partial charge in [-0.15, -0.1) is 0 Å². The summed E-state index contributed by atoms with van der Waals surface area (Å²) in [6.45, 7) is 0.936. The molecule has 1 unspecified atom stereocenters. The van der Waals surface area contributed by atoms with E-state index >= 15 is 0 Å². The van der Waals surface area contributed by atoms with Crippen LogP contribution < -0.4 is 4.90 Å². The van der Waals surface area contributed by atoms with Crippen molar-refractivity contribution in [3.05, 3.63) is 33.9 Å². The third-order valence-electron chi connectivity index (χ3n) is 3.36. The number of anilines is 1. The van der Waals surface area contributed by atoms with Crippen molar-refractivity contribution in [2.24, 2.45) is 5.92 Å². The van der Waals surface area contributed by atoms with Gasteiger partial charge in [0.25, 0.3) is 5.69 Å². The highest BCUT2D eigenvalue weighted by Gasteiger charge is 2.32. The van der Waals surface area contributed by atoms with E-state index in [1.54, 1.807) is 11.0 Å². The van der Waals surface area contributed by atoms with Crippen molar-refractivity contribution >= 4 is 17.3 Å². The highest BCUT2D eigenvalue weighted by atomic mass is 16.6. The first-order valence-electron chi connectivity index (χ1n) is 6.08. The van der Waals surface area contributed by atoms with Crippen molar-refractivity contribution in [1.82, 2.24) is 0 Å². The molecule has 0 radical (unpaired) electrons. The largest absolute Gasteiger partial charge is 0.469 e. The number of carbonyl (C=O) groups excluding carboxylic acids is 1. The number of hydrogen-bond donors (Lipinski definition) is 0. The molecule has 1 atom stereocenters. The molecule has 1 fully saturated rings. The molecular formula is C13H13N3O4. The second-order valence-electron chi connectivity index (χ2n) is 4.53. The molecule has 1 aliphatic rings. The smallest absolute Gasteiger partial charge is 0.310 e. The number of nitro groups is 1. The van der Waals surface area contributed by atoms with E-state index in [0.717, 1.165) is 0 Å². The predicted octanol–water partition coefficient (Wildman–Crippen LogP) is 1.47. The Morgan fingerprint density at radius 3 is 2.95 bits per heavy atom. The lowest BCUT2D eigenvalue weighted by Crippen LogP contribution is -2.24. The number of hydrogen-bond acceptors (Lipinski definition) is 6. The lowest BCUT2D eigenvalue weighted by Gasteiger charge is -2.18. The minimum absolute atomic E-state index is 0.116. The Hall–Kier alpha value is -2.62. The van der Waals surface area contributed by atoms with Gasteiger partial charge < -0.3 is 9.64 Å². The molecule has 7 nitrogen and oxygen atoms in total. The van der Waals surface area contributed by atoms with Crippen LogP contribution in [0, 0.1) is 27.4 Å². The SMILES string of the molecule is COC(=O)C1CCN(c2ccc(C#N)cc2[N+](=O)[O-])C1. The van der Waals surface area contributed by atoms with Gasteiger partial charge in [-0.2, -0.15) is 5.26 Å². The highest BCUT2D eigenvalue weighted by Crippen LogP contribution is 2.33. The Labute approximate surface area is 115 Å². The molecule has 0 aromatic heterocycles.